The minimum atomic E-state index is 0. The molecule has 8 heteroatoms. The first-order valence-corrected chi connectivity index (χ1v) is 10.7. The number of guanidine groups is 1. The van der Waals surface area contributed by atoms with Crippen LogP contribution in [0.1, 0.15) is 25.3 Å². The maximum absolute atomic E-state index is 6.06. The van der Waals surface area contributed by atoms with E-state index < -0.39 is 0 Å². The van der Waals surface area contributed by atoms with Crippen LogP contribution in [0, 0.1) is 0 Å². The maximum Gasteiger partial charge on any atom is 0.193 e. The number of ether oxygens (including phenoxy) is 3. The molecule has 30 heavy (non-hydrogen) atoms. The fourth-order valence-electron chi connectivity index (χ4n) is 4.09. The summed E-state index contributed by atoms with van der Waals surface area (Å²) >= 11 is 0. The molecule has 0 aromatic heterocycles. The number of hydrogen-bond acceptors (Lipinski definition) is 5. The molecule has 0 radical (unpaired) electrons. The van der Waals surface area contributed by atoms with E-state index in [1.54, 1.807) is 14.2 Å². The third-order valence-electron chi connectivity index (χ3n) is 5.79. The van der Waals surface area contributed by atoms with Crippen molar-refractivity contribution in [1.29, 1.82) is 0 Å². The van der Waals surface area contributed by atoms with Gasteiger partial charge in [-0.2, -0.15) is 0 Å². The van der Waals surface area contributed by atoms with Gasteiger partial charge in [-0.05, 0) is 50.4 Å². The van der Waals surface area contributed by atoms with E-state index in [1.807, 2.05) is 12.1 Å². The van der Waals surface area contributed by atoms with Gasteiger partial charge in [0.25, 0.3) is 0 Å². The van der Waals surface area contributed by atoms with E-state index in [-0.39, 0.29) is 30.1 Å². The van der Waals surface area contributed by atoms with Crippen molar-refractivity contribution in [3.63, 3.8) is 0 Å². The number of rotatable bonds is 8. The van der Waals surface area contributed by atoms with Gasteiger partial charge in [0.15, 0.2) is 17.5 Å². The number of likely N-dealkylation sites (N-methyl/N-ethyl adjacent to an activating group) is 1. The lowest BCUT2D eigenvalue weighted by atomic mass is 10.1. The van der Waals surface area contributed by atoms with Crippen molar-refractivity contribution in [1.82, 2.24) is 15.1 Å². The highest BCUT2D eigenvalue weighted by molar-refractivity contribution is 14.0. The van der Waals surface area contributed by atoms with E-state index in [2.05, 4.69) is 35.2 Å². The van der Waals surface area contributed by atoms with Crippen LogP contribution in [0.15, 0.2) is 23.2 Å². The Kier molecular flexibility index (Phi) is 10.5. The molecule has 2 aliphatic rings. The molecule has 0 aliphatic carbocycles. The first-order valence-electron chi connectivity index (χ1n) is 10.7. The van der Waals surface area contributed by atoms with Gasteiger partial charge >= 0.3 is 0 Å². The monoisotopic (exact) mass is 532 g/mol. The largest absolute Gasteiger partial charge is 0.493 e. The van der Waals surface area contributed by atoms with Crippen molar-refractivity contribution in [2.75, 3.05) is 60.6 Å². The van der Waals surface area contributed by atoms with Crippen molar-refractivity contribution < 1.29 is 14.2 Å². The molecule has 3 rings (SSSR count). The standard InChI is InChI=1S/C22H36N4O3.HI/c1-5-23-22(24-14-19-15-26-11-6-7-18(26)16-29-19)25(2)12-10-17-8-9-20(27-3)21(13-17)28-4;/h8-9,13,18-19H,5-7,10-12,14-16H2,1-4H3,(H,23,24);1H. The average molecular weight is 532 g/mol. The normalized spacial score (nSPS) is 21.5. The van der Waals surface area contributed by atoms with Crippen LogP contribution in [-0.2, 0) is 11.2 Å². The zero-order chi connectivity index (χ0) is 20.6. The fourth-order valence-corrected chi connectivity index (χ4v) is 4.09. The molecule has 7 nitrogen and oxygen atoms in total. The number of halogens is 1. The number of fused-ring (bicyclic) bond motifs is 1. The molecule has 2 fully saturated rings. The van der Waals surface area contributed by atoms with Gasteiger partial charge < -0.3 is 24.4 Å². The van der Waals surface area contributed by atoms with Crippen molar-refractivity contribution in [2.45, 2.75) is 38.3 Å². The van der Waals surface area contributed by atoms with E-state index in [0.717, 1.165) is 50.1 Å². The van der Waals surface area contributed by atoms with Gasteiger partial charge in [-0.3, -0.25) is 9.89 Å². The Morgan fingerprint density at radius 3 is 2.83 bits per heavy atom. The Labute approximate surface area is 198 Å². The third kappa shape index (κ3) is 6.62. The molecular weight excluding hydrogens is 495 g/mol. The molecule has 2 aliphatic heterocycles. The molecule has 0 spiro atoms. The van der Waals surface area contributed by atoms with Gasteiger partial charge in [0.2, 0.25) is 0 Å². The summed E-state index contributed by atoms with van der Waals surface area (Å²) in [5.74, 6) is 2.45. The second-order valence-corrected chi connectivity index (χ2v) is 7.80. The van der Waals surface area contributed by atoms with Gasteiger partial charge in [-0.15, -0.1) is 24.0 Å². The Morgan fingerprint density at radius 2 is 2.10 bits per heavy atom. The summed E-state index contributed by atoms with van der Waals surface area (Å²) in [7, 11) is 5.41. The highest BCUT2D eigenvalue weighted by atomic mass is 127. The Hall–Kier alpha value is -1.26. The summed E-state index contributed by atoms with van der Waals surface area (Å²) in [6.07, 6.45) is 3.66. The molecule has 0 amide bonds. The van der Waals surface area contributed by atoms with Crippen LogP contribution >= 0.6 is 24.0 Å². The summed E-state index contributed by atoms with van der Waals surface area (Å²) in [5.41, 5.74) is 1.21. The Balaban J connectivity index is 0.00000320. The van der Waals surface area contributed by atoms with Crippen molar-refractivity contribution >= 4 is 29.9 Å². The first-order chi connectivity index (χ1) is 14.1. The molecule has 0 bridgehead atoms. The van der Waals surface area contributed by atoms with Crippen molar-refractivity contribution in [3.8, 4) is 11.5 Å². The molecule has 2 heterocycles. The number of morpholine rings is 1. The summed E-state index contributed by atoms with van der Waals surface area (Å²) in [5, 5.41) is 3.41. The van der Waals surface area contributed by atoms with Crippen LogP contribution in [0.4, 0.5) is 0 Å². The van der Waals surface area contributed by atoms with Crippen LogP contribution in [0.25, 0.3) is 0 Å². The minimum absolute atomic E-state index is 0. The molecule has 170 valence electrons. The van der Waals surface area contributed by atoms with E-state index in [4.69, 9.17) is 19.2 Å². The quantitative estimate of drug-likeness (QED) is 0.316. The van der Waals surface area contributed by atoms with Crippen LogP contribution in [0.2, 0.25) is 0 Å². The van der Waals surface area contributed by atoms with Gasteiger partial charge in [0.05, 0.1) is 33.5 Å². The van der Waals surface area contributed by atoms with E-state index in [9.17, 15) is 0 Å². The molecule has 1 aromatic carbocycles. The smallest absolute Gasteiger partial charge is 0.193 e. The first kappa shape index (κ1) is 25.0. The topological polar surface area (TPSA) is 58.6 Å². The molecule has 0 saturated carbocycles. The number of methoxy groups -OCH3 is 2. The molecule has 1 aromatic rings. The lowest BCUT2D eigenvalue weighted by molar-refractivity contribution is -0.0432. The second kappa shape index (κ2) is 12.6. The van der Waals surface area contributed by atoms with Crippen molar-refractivity contribution in [2.24, 2.45) is 4.99 Å². The summed E-state index contributed by atoms with van der Waals surface area (Å²) in [6, 6.07) is 6.72. The maximum atomic E-state index is 6.06. The highest BCUT2D eigenvalue weighted by Crippen LogP contribution is 2.27. The molecule has 2 unspecified atom stereocenters. The van der Waals surface area contributed by atoms with Crippen LogP contribution in [0.3, 0.4) is 0 Å². The SMILES string of the molecule is CCNC(=NCC1CN2CCCC2CO1)N(C)CCc1ccc(OC)c(OC)c1.I. The van der Waals surface area contributed by atoms with E-state index in [1.165, 1.54) is 24.9 Å². The average Bonchev–Trinajstić information content (AvgIpc) is 3.22. The Bertz CT molecular complexity index is 688. The molecule has 1 N–H and O–H groups in total. The van der Waals surface area contributed by atoms with E-state index >= 15 is 0 Å². The molecule has 2 atom stereocenters. The van der Waals surface area contributed by atoms with Gasteiger partial charge in [0, 0.05) is 32.7 Å². The second-order valence-electron chi connectivity index (χ2n) is 7.80. The van der Waals surface area contributed by atoms with E-state index in [0.29, 0.717) is 12.6 Å². The summed E-state index contributed by atoms with van der Waals surface area (Å²) in [6.45, 7) is 7.57. The third-order valence-corrected chi connectivity index (χ3v) is 5.79. The van der Waals surface area contributed by atoms with Gasteiger partial charge in [-0.25, -0.2) is 0 Å². The van der Waals surface area contributed by atoms with Gasteiger partial charge in [-0.1, -0.05) is 6.07 Å². The minimum Gasteiger partial charge on any atom is -0.493 e. The predicted molar refractivity (Wildman–Crippen MR) is 132 cm³/mol. The number of nitrogens with zero attached hydrogens (tertiary/aromatic N) is 3. The number of aliphatic imine (C=N–C) groups is 1. The lowest BCUT2D eigenvalue weighted by Crippen LogP contribution is -2.47. The van der Waals surface area contributed by atoms with Crippen molar-refractivity contribution in [3.05, 3.63) is 23.8 Å². The highest BCUT2D eigenvalue weighted by Gasteiger charge is 2.32. The molecule has 2 saturated heterocycles. The number of benzene rings is 1. The molecular formula is C22H37IN4O3. The number of nitrogens with one attached hydrogen (secondary N) is 1. The predicted octanol–water partition coefficient (Wildman–Crippen LogP) is 2.62. The summed E-state index contributed by atoms with van der Waals surface area (Å²) < 4.78 is 16.8. The van der Waals surface area contributed by atoms with Crippen LogP contribution in [-0.4, -0.2) is 88.5 Å². The van der Waals surface area contributed by atoms with Crippen LogP contribution in [0.5, 0.6) is 11.5 Å². The van der Waals surface area contributed by atoms with Crippen LogP contribution < -0.4 is 14.8 Å². The zero-order valence-electron chi connectivity index (χ0n) is 18.7. The lowest BCUT2D eigenvalue weighted by Gasteiger charge is -2.34. The Morgan fingerprint density at radius 1 is 1.30 bits per heavy atom. The number of hydrogen-bond donors (Lipinski definition) is 1. The summed E-state index contributed by atoms with van der Waals surface area (Å²) in [4.78, 5) is 9.61. The fraction of sp³-hybridized carbons (Fsp3) is 0.682. The zero-order valence-corrected chi connectivity index (χ0v) is 21.1. The van der Waals surface area contributed by atoms with Gasteiger partial charge in [0.1, 0.15) is 0 Å².